The maximum atomic E-state index is 12.7. The van der Waals surface area contributed by atoms with E-state index in [-0.39, 0.29) is 37.7 Å². The van der Waals surface area contributed by atoms with E-state index >= 15 is 0 Å². The number of nitro benzene ring substituents is 1. The Morgan fingerprint density at radius 1 is 1.03 bits per heavy atom. The van der Waals surface area contributed by atoms with Crippen LogP contribution in [0.15, 0.2) is 57.9 Å². The first kappa shape index (κ1) is 21.5. The summed E-state index contributed by atoms with van der Waals surface area (Å²) in [5.41, 5.74) is 0.310. The lowest BCUT2D eigenvalue weighted by Gasteiger charge is -2.12. The minimum atomic E-state index is -0.627. The van der Waals surface area contributed by atoms with E-state index in [0.29, 0.717) is 10.7 Å². The van der Waals surface area contributed by atoms with Crippen LogP contribution >= 0.6 is 46.6 Å². The minimum Gasteiger partial charge on any atom is -0.457 e. The van der Waals surface area contributed by atoms with Crippen LogP contribution in [0.25, 0.3) is 17.4 Å². The molecule has 0 N–H and O–H groups in total. The molecule has 11 heteroatoms. The standard InChI is InChI=1S/C20H9Cl3N2O5S/c21-10-2-1-3-11(6-10)24-19(26)18(31-20(24)27)7-12-4-5-17(30-12)13-8-16(25(28)29)15(23)9-14(13)22/h1-9H/b18-7+. The monoisotopic (exact) mass is 494 g/mol. The predicted molar refractivity (Wildman–Crippen MR) is 121 cm³/mol. The Labute approximate surface area is 194 Å². The number of nitrogens with zero attached hydrogens (tertiary/aromatic N) is 2. The highest BCUT2D eigenvalue weighted by atomic mass is 35.5. The predicted octanol–water partition coefficient (Wildman–Crippen LogP) is 7.06. The summed E-state index contributed by atoms with van der Waals surface area (Å²) in [7, 11) is 0. The van der Waals surface area contributed by atoms with Gasteiger partial charge in [0.2, 0.25) is 0 Å². The molecule has 1 aromatic heterocycles. The molecule has 2 heterocycles. The van der Waals surface area contributed by atoms with Gasteiger partial charge in [0.15, 0.2) is 0 Å². The van der Waals surface area contributed by atoms with E-state index in [1.165, 1.54) is 24.3 Å². The zero-order valence-corrected chi connectivity index (χ0v) is 18.3. The second-order valence-electron chi connectivity index (χ2n) is 6.24. The van der Waals surface area contributed by atoms with Crippen LogP contribution in [0, 0.1) is 10.1 Å². The van der Waals surface area contributed by atoms with Crippen molar-refractivity contribution >= 4 is 75.2 Å². The zero-order chi connectivity index (χ0) is 22.3. The second-order valence-corrected chi connectivity index (χ2v) is 8.48. The molecule has 156 valence electrons. The van der Waals surface area contributed by atoms with Crippen molar-refractivity contribution in [2.75, 3.05) is 4.90 Å². The van der Waals surface area contributed by atoms with E-state index < -0.39 is 16.1 Å². The van der Waals surface area contributed by atoms with Crippen LogP contribution in [0.3, 0.4) is 0 Å². The van der Waals surface area contributed by atoms with Gasteiger partial charge in [0.05, 0.1) is 20.5 Å². The average molecular weight is 496 g/mol. The Morgan fingerprint density at radius 3 is 2.52 bits per heavy atom. The van der Waals surface area contributed by atoms with Gasteiger partial charge in [-0.3, -0.25) is 19.7 Å². The average Bonchev–Trinajstić information content (AvgIpc) is 3.26. The van der Waals surface area contributed by atoms with Gasteiger partial charge in [0.1, 0.15) is 16.5 Å². The van der Waals surface area contributed by atoms with Gasteiger partial charge in [-0.1, -0.05) is 40.9 Å². The molecule has 7 nitrogen and oxygen atoms in total. The van der Waals surface area contributed by atoms with Crippen molar-refractivity contribution in [3.63, 3.8) is 0 Å². The largest absolute Gasteiger partial charge is 0.457 e. The van der Waals surface area contributed by atoms with Crippen molar-refractivity contribution in [1.82, 2.24) is 0 Å². The van der Waals surface area contributed by atoms with Gasteiger partial charge in [-0.05, 0) is 48.2 Å². The number of nitro groups is 1. The SMILES string of the molecule is O=C1S/C(=C/c2ccc(-c3cc([N+](=O)[O-])c(Cl)cc3Cl)o2)C(=O)N1c1cccc(Cl)c1. The normalized spacial score (nSPS) is 15.2. The molecule has 0 atom stereocenters. The summed E-state index contributed by atoms with van der Waals surface area (Å²) < 4.78 is 5.69. The molecule has 0 bridgehead atoms. The molecule has 1 aliphatic heterocycles. The van der Waals surface area contributed by atoms with Crippen LogP contribution in [0.4, 0.5) is 16.2 Å². The Morgan fingerprint density at radius 2 is 1.81 bits per heavy atom. The highest BCUT2D eigenvalue weighted by Gasteiger charge is 2.36. The van der Waals surface area contributed by atoms with Crippen molar-refractivity contribution in [3.05, 3.63) is 84.4 Å². The second kappa shape index (κ2) is 8.39. The Hall–Kier alpha value is -2.78. The number of thioether (sulfide) groups is 1. The number of hydrogen-bond donors (Lipinski definition) is 0. The molecular weight excluding hydrogens is 487 g/mol. The molecule has 1 aliphatic rings. The molecule has 0 aliphatic carbocycles. The van der Waals surface area contributed by atoms with Crippen molar-refractivity contribution in [1.29, 1.82) is 0 Å². The first-order valence-electron chi connectivity index (χ1n) is 8.52. The number of hydrogen-bond acceptors (Lipinski definition) is 6. The molecule has 3 aromatic rings. The number of carbonyl (C=O) groups is 2. The van der Waals surface area contributed by atoms with Gasteiger partial charge < -0.3 is 4.42 Å². The molecule has 1 fully saturated rings. The number of imide groups is 1. The van der Waals surface area contributed by atoms with E-state index in [0.717, 1.165) is 16.7 Å². The number of benzene rings is 2. The molecule has 0 spiro atoms. The first-order valence-corrected chi connectivity index (χ1v) is 10.5. The Kier molecular flexibility index (Phi) is 5.81. The number of furan rings is 1. The van der Waals surface area contributed by atoms with E-state index in [1.54, 1.807) is 30.3 Å². The lowest BCUT2D eigenvalue weighted by Crippen LogP contribution is -2.27. The molecule has 31 heavy (non-hydrogen) atoms. The third kappa shape index (κ3) is 4.20. The summed E-state index contributed by atoms with van der Waals surface area (Å²) in [6, 6.07) is 12.0. The van der Waals surface area contributed by atoms with Crippen LogP contribution in [0.2, 0.25) is 15.1 Å². The third-order valence-electron chi connectivity index (χ3n) is 4.26. The van der Waals surface area contributed by atoms with Crippen LogP contribution in [0.1, 0.15) is 5.76 Å². The topological polar surface area (TPSA) is 93.7 Å². The van der Waals surface area contributed by atoms with E-state index in [2.05, 4.69) is 0 Å². The molecule has 1 saturated heterocycles. The van der Waals surface area contributed by atoms with E-state index in [1.807, 2.05) is 0 Å². The number of rotatable bonds is 4. The maximum Gasteiger partial charge on any atom is 0.298 e. The van der Waals surface area contributed by atoms with Gasteiger partial charge in [0.25, 0.3) is 16.8 Å². The van der Waals surface area contributed by atoms with E-state index in [4.69, 9.17) is 39.2 Å². The quantitative estimate of drug-likeness (QED) is 0.218. The smallest absolute Gasteiger partial charge is 0.298 e. The summed E-state index contributed by atoms with van der Waals surface area (Å²) in [4.78, 5) is 36.8. The zero-order valence-electron chi connectivity index (χ0n) is 15.2. The fraction of sp³-hybridized carbons (Fsp3) is 0. The molecule has 4 rings (SSSR count). The molecule has 0 unspecified atom stereocenters. The molecule has 0 saturated carbocycles. The first-order chi connectivity index (χ1) is 14.7. The summed E-state index contributed by atoms with van der Waals surface area (Å²) in [5.74, 6) is -0.0132. The van der Waals surface area contributed by atoms with Crippen molar-refractivity contribution in [2.45, 2.75) is 0 Å². The van der Waals surface area contributed by atoms with Crippen LogP contribution in [0.5, 0.6) is 0 Å². The van der Waals surface area contributed by atoms with Crippen molar-refractivity contribution in [2.24, 2.45) is 0 Å². The lowest BCUT2D eigenvalue weighted by molar-refractivity contribution is -0.384. The number of anilines is 1. The van der Waals surface area contributed by atoms with Gasteiger partial charge >= 0.3 is 0 Å². The summed E-state index contributed by atoms with van der Waals surface area (Å²) in [5, 5.41) is 11.1. The Bertz CT molecular complexity index is 1290. The highest BCUT2D eigenvalue weighted by Crippen LogP contribution is 2.39. The minimum absolute atomic E-state index is 0.0970. The van der Waals surface area contributed by atoms with Gasteiger partial charge in [0, 0.05) is 22.7 Å². The summed E-state index contributed by atoms with van der Waals surface area (Å²) in [6.07, 6.45) is 1.41. The van der Waals surface area contributed by atoms with E-state index in [9.17, 15) is 19.7 Å². The highest BCUT2D eigenvalue weighted by molar-refractivity contribution is 8.19. The number of halogens is 3. The van der Waals surface area contributed by atoms with Crippen LogP contribution in [-0.4, -0.2) is 16.1 Å². The van der Waals surface area contributed by atoms with Crippen LogP contribution in [-0.2, 0) is 4.79 Å². The van der Waals surface area contributed by atoms with Crippen molar-refractivity contribution < 1.29 is 18.9 Å². The fourth-order valence-electron chi connectivity index (χ4n) is 2.88. The Balaban J connectivity index is 1.65. The van der Waals surface area contributed by atoms with Gasteiger partial charge in [-0.15, -0.1) is 0 Å². The van der Waals surface area contributed by atoms with Gasteiger partial charge in [-0.2, -0.15) is 0 Å². The third-order valence-corrected chi connectivity index (χ3v) is 5.98. The fourth-order valence-corrected chi connectivity index (χ4v) is 4.43. The van der Waals surface area contributed by atoms with Crippen molar-refractivity contribution in [3.8, 4) is 11.3 Å². The summed E-state index contributed by atoms with van der Waals surface area (Å²) >= 11 is 18.7. The number of carbonyl (C=O) groups excluding carboxylic acids is 2. The van der Waals surface area contributed by atoms with Gasteiger partial charge in [-0.25, -0.2) is 4.90 Å². The molecular formula is C20H9Cl3N2O5S. The summed E-state index contributed by atoms with van der Waals surface area (Å²) in [6.45, 7) is 0. The van der Waals surface area contributed by atoms with Crippen LogP contribution < -0.4 is 4.90 Å². The maximum absolute atomic E-state index is 12.7. The lowest BCUT2D eigenvalue weighted by atomic mass is 10.1. The molecule has 0 radical (unpaired) electrons. The number of amides is 2. The molecule has 2 amide bonds. The molecule has 2 aromatic carbocycles.